The molecule has 0 fully saturated rings. The third-order valence-electron chi connectivity index (χ3n) is 4.91. The first-order valence-corrected chi connectivity index (χ1v) is 9.48. The summed E-state index contributed by atoms with van der Waals surface area (Å²) in [7, 11) is 0. The van der Waals surface area contributed by atoms with Crippen LogP contribution in [0.15, 0.2) is 54.7 Å². The third kappa shape index (κ3) is 5.02. The summed E-state index contributed by atoms with van der Waals surface area (Å²) in [5.41, 5.74) is 2.04. The zero-order valence-corrected chi connectivity index (χ0v) is 16.2. The van der Waals surface area contributed by atoms with Gasteiger partial charge in [0, 0.05) is 4.98 Å². The van der Waals surface area contributed by atoms with Gasteiger partial charge in [-0.1, -0.05) is 36.4 Å². The molecule has 0 radical (unpaired) electrons. The smallest absolute Gasteiger partial charge is 0.416 e. The molecular formula is C21H18F3N3O4. The van der Waals surface area contributed by atoms with Crippen molar-refractivity contribution in [1.29, 1.82) is 0 Å². The largest absolute Gasteiger partial charge is 0.443 e. The highest BCUT2D eigenvalue weighted by Crippen LogP contribution is 2.29. The van der Waals surface area contributed by atoms with E-state index in [-0.39, 0.29) is 24.5 Å². The summed E-state index contributed by atoms with van der Waals surface area (Å²) in [6, 6.07) is 13.0. The minimum atomic E-state index is -4.34. The fraction of sp³-hybridized carbons (Fsp3) is 0.286. The van der Waals surface area contributed by atoms with Crippen LogP contribution in [0.4, 0.5) is 19.0 Å². The summed E-state index contributed by atoms with van der Waals surface area (Å²) in [6.07, 6.45) is -2.76. The SMILES string of the molecule is O=[N+]([O-])c1cn2c(n1)OC[C@@H](OCc1ccc(Cc3ccc(C(F)(F)F)cc3)cc1)C2. The fourth-order valence-corrected chi connectivity index (χ4v) is 3.27. The molecule has 1 aliphatic rings. The lowest BCUT2D eigenvalue weighted by Crippen LogP contribution is -2.32. The lowest BCUT2D eigenvalue weighted by atomic mass is 10.0. The van der Waals surface area contributed by atoms with Crippen molar-refractivity contribution in [2.45, 2.75) is 31.9 Å². The Bertz CT molecular complexity index is 1060. The number of aromatic nitrogens is 2. The Balaban J connectivity index is 1.30. The molecule has 1 aromatic heterocycles. The van der Waals surface area contributed by atoms with Crippen molar-refractivity contribution >= 4 is 5.82 Å². The van der Waals surface area contributed by atoms with E-state index in [0.717, 1.165) is 28.8 Å². The molecule has 0 saturated carbocycles. The Morgan fingerprint density at radius 3 is 2.32 bits per heavy atom. The van der Waals surface area contributed by atoms with E-state index in [1.807, 2.05) is 24.3 Å². The van der Waals surface area contributed by atoms with E-state index in [9.17, 15) is 23.3 Å². The first kappa shape index (κ1) is 20.9. The number of imidazole rings is 1. The number of alkyl halides is 3. The Labute approximate surface area is 175 Å². The molecule has 4 rings (SSSR count). The van der Waals surface area contributed by atoms with Crippen molar-refractivity contribution in [3.63, 3.8) is 0 Å². The van der Waals surface area contributed by atoms with Crippen LogP contribution in [0.3, 0.4) is 0 Å². The van der Waals surface area contributed by atoms with Crippen LogP contribution in [0, 0.1) is 10.1 Å². The predicted octanol–water partition coefficient (Wildman–Crippen LogP) is 4.38. The van der Waals surface area contributed by atoms with E-state index in [2.05, 4.69) is 4.98 Å². The minimum absolute atomic E-state index is 0.208. The molecule has 0 unspecified atom stereocenters. The Kier molecular flexibility index (Phi) is 5.64. The van der Waals surface area contributed by atoms with Gasteiger partial charge in [-0.25, -0.2) is 0 Å². The fourth-order valence-electron chi connectivity index (χ4n) is 3.27. The maximum atomic E-state index is 12.7. The van der Waals surface area contributed by atoms with Gasteiger partial charge in [0.2, 0.25) is 0 Å². The van der Waals surface area contributed by atoms with Crippen LogP contribution in [-0.4, -0.2) is 27.2 Å². The van der Waals surface area contributed by atoms with E-state index < -0.39 is 16.7 Å². The number of benzene rings is 2. The number of ether oxygens (including phenoxy) is 2. The van der Waals surface area contributed by atoms with Gasteiger partial charge in [-0.05, 0) is 40.2 Å². The molecule has 1 aliphatic heterocycles. The highest BCUT2D eigenvalue weighted by Gasteiger charge is 2.30. The average molecular weight is 433 g/mol. The van der Waals surface area contributed by atoms with Gasteiger partial charge in [-0.2, -0.15) is 13.2 Å². The summed E-state index contributed by atoms with van der Waals surface area (Å²) in [5.74, 6) is -0.265. The Morgan fingerprint density at radius 1 is 1.10 bits per heavy atom. The van der Waals surface area contributed by atoms with Crippen molar-refractivity contribution in [3.8, 4) is 6.01 Å². The highest BCUT2D eigenvalue weighted by molar-refractivity contribution is 5.31. The zero-order valence-electron chi connectivity index (χ0n) is 16.2. The number of hydrogen-bond acceptors (Lipinski definition) is 5. The van der Waals surface area contributed by atoms with Gasteiger partial charge in [-0.3, -0.25) is 4.57 Å². The van der Waals surface area contributed by atoms with Gasteiger partial charge < -0.3 is 19.6 Å². The van der Waals surface area contributed by atoms with Gasteiger partial charge >= 0.3 is 18.0 Å². The molecular weight excluding hydrogens is 415 g/mol. The first-order chi connectivity index (χ1) is 14.8. The lowest BCUT2D eigenvalue weighted by Gasteiger charge is -2.22. The molecule has 0 N–H and O–H groups in total. The van der Waals surface area contributed by atoms with Crippen LogP contribution in [-0.2, 0) is 30.5 Å². The van der Waals surface area contributed by atoms with E-state index in [1.54, 1.807) is 4.57 Å². The van der Waals surface area contributed by atoms with Gasteiger partial charge in [0.05, 0.1) is 18.7 Å². The topological polar surface area (TPSA) is 79.4 Å². The van der Waals surface area contributed by atoms with Crippen LogP contribution in [0.2, 0.25) is 0 Å². The molecule has 1 atom stereocenters. The molecule has 3 aromatic rings. The lowest BCUT2D eigenvalue weighted by molar-refractivity contribution is -0.389. The molecule has 0 aliphatic carbocycles. The zero-order chi connectivity index (χ0) is 22.0. The van der Waals surface area contributed by atoms with Crippen LogP contribution in [0.5, 0.6) is 6.01 Å². The second-order valence-corrected chi connectivity index (χ2v) is 7.22. The summed E-state index contributed by atoms with van der Waals surface area (Å²) in [5, 5.41) is 10.8. The maximum absolute atomic E-state index is 12.7. The average Bonchev–Trinajstić information content (AvgIpc) is 3.17. The van der Waals surface area contributed by atoms with E-state index in [4.69, 9.17) is 9.47 Å². The quantitative estimate of drug-likeness (QED) is 0.426. The van der Waals surface area contributed by atoms with Crippen molar-refractivity contribution in [3.05, 3.63) is 87.1 Å². The second-order valence-electron chi connectivity index (χ2n) is 7.22. The van der Waals surface area contributed by atoms with Crippen molar-refractivity contribution < 1.29 is 27.6 Å². The third-order valence-corrected chi connectivity index (χ3v) is 4.91. The molecule has 0 spiro atoms. The minimum Gasteiger partial charge on any atom is -0.443 e. The van der Waals surface area contributed by atoms with Crippen LogP contribution in [0.25, 0.3) is 0 Å². The standard InChI is InChI=1S/C21H18F3N3O4/c22-21(23,24)17-7-5-15(6-8-17)9-14-1-3-16(4-2-14)12-30-18-10-26-11-19(27(28)29)25-20(26)31-13-18/h1-8,11,18H,9-10,12-13H2/t18-/m0/s1. The molecule has 10 heteroatoms. The van der Waals surface area contributed by atoms with Crippen molar-refractivity contribution in [2.24, 2.45) is 0 Å². The molecule has 0 amide bonds. The normalized spacial score (nSPS) is 15.9. The number of fused-ring (bicyclic) bond motifs is 1. The predicted molar refractivity (Wildman–Crippen MR) is 104 cm³/mol. The molecule has 0 saturated heterocycles. The summed E-state index contributed by atoms with van der Waals surface area (Å²) < 4.78 is 50.8. The second kappa shape index (κ2) is 8.38. The molecule has 2 heterocycles. The summed E-state index contributed by atoms with van der Waals surface area (Å²) in [6.45, 7) is 0.989. The summed E-state index contributed by atoms with van der Waals surface area (Å²) in [4.78, 5) is 14.0. The van der Waals surface area contributed by atoms with Gasteiger partial charge in [-0.15, -0.1) is 0 Å². The first-order valence-electron chi connectivity index (χ1n) is 9.48. The van der Waals surface area contributed by atoms with Crippen molar-refractivity contribution in [2.75, 3.05) is 6.61 Å². The van der Waals surface area contributed by atoms with E-state index in [0.29, 0.717) is 19.6 Å². The van der Waals surface area contributed by atoms with Crippen LogP contribution in [0.1, 0.15) is 22.3 Å². The number of nitro groups is 1. The number of rotatable bonds is 6. The van der Waals surface area contributed by atoms with Crippen molar-refractivity contribution in [1.82, 2.24) is 9.55 Å². The highest BCUT2D eigenvalue weighted by atomic mass is 19.4. The molecule has 0 bridgehead atoms. The van der Waals surface area contributed by atoms with Gasteiger partial charge in [0.15, 0.2) is 0 Å². The van der Waals surface area contributed by atoms with Crippen LogP contribution >= 0.6 is 0 Å². The molecule has 31 heavy (non-hydrogen) atoms. The number of hydrogen-bond donors (Lipinski definition) is 0. The van der Waals surface area contributed by atoms with E-state index >= 15 is 0 Å². The van der Waals surface area contributed by atoms with Crippen LogP contribution < -0.4 is 4.74 Å². The molecule has 2 aromatic carbocycles. The van der Waals surface area contributed by atoms with Gasteiger partial charge in [0.1, 0.15) is 18.9 Å². The van der Waals surface area contributed by atoms with Gasteiger partial charge in [0.25, 0.3) is 0 Å². The Hall–Kier alpha value is -3.40. The summed E-state index contributed by atoms with van der Waals surface area (Å²) >= 11 is 0. The maximum Gasteiger partial charge on any atom is 0.416 e. The molecule has 7 nitrogen and oxygen atoms in total. The molecule has 162 valence electrons. The van der Waals surface area contributed by atoms with E-state index in [1.165, 1.54) is 18.3 Å². The number of halogens is 3. The monoisotopic (exact) mass is 433 g/mol. The Morgan fingerprint density at radius 2 is 1.71 bits per heavy atom. The number of nitrogens with zero attached hydrogens (tertiary/aromatic N) is 3.